The number of hydrogen-bond acceptors (Lipinski definition) is 4. The number of nitriles is 1. The molecule has 1 saturated carbocycles. The number of benzene rings is 1. The molecular formula is C20H22N4O2. The lowest BCUT2D eigenvalue weighted by molar-refractivity contribution is -0.117. The standard InChI is InChI=1S/C20H22N4O2/c1-26-18-9-7-14(8-10-18)19-16(13-22-24-19)11-15(12-21)20(25)23-17-5-3-2-4-6-17/h7-11,13,17H,2-6H2,1H3,(H,22,24)(H,23,25)/b15-11+. The van der Waals surface area contributed by atoms with Crippen LogP contribution in [0.4, 0.5) is 0 Å². The van der Waals surface area contributed by atoms with Gasteiger partial charge in [0.1, 0.15) is 17.4 Å². The molecular weight excluding hydrogens is 328 g/mol. The fourth-order valence-electron chi connectivity index (χ4n) is 3.21. The molecule has 1 aliphatic rings. The highest BCUT2D eigenvalue weighted by atomic mass is 16.5. The number of carbonyl (C=O) groups is 1. The van der Waals surface area contributed by atoms with Gasteiger partial charge in [-0.3, -0.25) is 9.89 Å². The van der Waals surface area contributed by atoms with Gasteiger partial charge in [0.2, 0.25) is 0 Å². The number of nitrogens with zero attached hydrogens (tertiary/aromatic N) is 2. The van der Waals surface area contributed by atoms with Crippen LogP contribution in [0.5, 0.6) is 5.75 Å². The van der Waals surface area contributed by atoms with Crippen LogP contribution in [0.25, 0.3) is 17.3 Å². The number of carbonyl (C=O) groups excluding carboxylic acids is 1. The van der Waals surface area contributed by atoms with Crippen LogP contribution in [0.2, 0.25) is 0 Å². The number of nitrogens with one attached hydrogen (secondary N) is 2. The maximum absolute atomic E-state index is 12.5. The molecule has 1 fully saturated rings. The SMILES string of the molecule is COc1ccc(-c2[nH]ncc2/C=C(\C#N)C(=O)NC2CCCCC2)cc1. The third-order valence-corrected chi connectivity index (χ3v) is 4.65. The first-order chi connectivity index (χ1) is 12.7. The summed E-state index contributed by atoms with van der Waals surface area (Å²) in [5.41, 5.74) is 2.45. The minimum atomic E-state index is -0.318. The number of amides is 1. The first kappa shape index (κ1) is 17.7. The van der Waals surface area contributed by atoms with Crippen LogP contribution >= 0.6 is 0 Å². The van der Waals surface area contributed by atoms with E-state index < -0.39 is 0 Å². The van der Waals surface area contributed by atoms with Crippen LogP contribution < -0.4 is 10.1 Å². The molecule has 0 saturated heterocycles. The zero-order chi connectivity index (χ0) is 18.4. The average Bonchev–Trinajstić information content (AvgIpc) is 3.15. The van der Waals surface area contributed by atoms with Gasteiger partial charge in [-0.25, -0.2) is 0 Å². The number of H-pyrrole nitrogens is 1. The van der Waals surface area contributed by atoms with E-state index in [1.165, 1.54) is 6.42 Å². The topological polar surface area (TPSA) is 90.8 Å². The summed E-state index contributed by atoms with van der Waals surface area (Å²) in [4.78, 5) is 12.5. The molecule has 0 radical (unpaired) electrons. The van der Waals surface area contributed by atoms with Gasteiger partial charge in [0, 0.05) is 17.2 Å². The fraction of sp³-hybridized carbons (Fsp3) is 0.350. The van der Waals surface area contributed by atoms with Crippen molar-refractivity contribution in [2.75, 3.05) is 7.11 Å². The molecule has 2 aromatic rings. The molecule has 1 heterocycles. The molecule has 26 heavy (non-hydrogen) atoms. The van der Waals surface area contributed by atoms with Crippen LogP contribution in [-0.4, -0.2) is 29.3 Å². The molecule has 3 rings (SSSR count). The van der Waals surface area contributed by atoms with Crippen LogP contribution in [0.3, 0.4) is 0 Å². The third-order valence-electron chi connectivity index (χ3n) is 4.65. The number of ether oxygens (including phenoxy) is 1. The predicted molar refractivity (Wildman–Crippen MR) is 99.2 cm³/mol. The zero-order valence-electron chi connectivity index (χ0n) is 14.8. The lowest BCUT2D eigenvalue weighted by atomic mass is 9.95. The summed E-state index contributed by atoms with van der Waals surface area (Å²) >= 11 is 0. The van der Waals surface area contributed by atoms with Gasteiger partial charge in [-0.05, 0) is 43.2 Å². The van der Waals surface area contributed by atoms with E-state index in [0.29, 0.717) is 5.56 Å². The maximum Gasteiger partial charge on any atom is 0.262 e. The van der Waals surface area contributed by atoms with Crippen LogP contribution in [0, 0.1) is 11.3 Å². The van der Waals surface area contributed by atoms with E-state index in [-0.39, 0.29) is 17.5 Å². The number of aromatic amines is 1. The van der Waals surface area contributed by atoms with E-state index in [0.717, 1.165) is 42.7 Å². The Morgan fingerprint density at radius 3 is 2.69 bits per heavy atom. The van der Waals surface area contributed by atoms with Gasteiger partial charge in [-0.2, -0.15) is 10.4 Å². The monoisotopic (exact) mass is 350 g/mol. The second kappa shape index (κ2) is 8.34. The first-order valence-corrected chi connectivity index (χ1v) is 8.81. The second-order valence-electron chi connectivity index (χ2n) is 6.41. The van der Waals surface area contributed by atoms with E-state index in [1.807, 2.05) is 30.3 Å². The van der Waals surface area contributed by atoms with Crippen molar-refractivity contribution in [3.05, 3.63) is 41.6 Å². The van der Waals surface area contributed by atoms with Gasteiger partial charge in [0.25, 0.3) is 5.91 Å². The van der Waals surface area contributed by atoms with Crippen molar-refractivity contribution in [2.24, 2.45) is 0 Å². The van der Waals surface area contributed by atoms with Gasteiger partial charge in [0.05, 0.1) is 19.0 Å². The van der Waals surface area contributed by atoms with Gasteiger partial charge in [-0.1, -0.05) is 19.3 Å². The average molecular weight is 350 g/mol. The molecule has 0 aliphatic heterocycles. The molecule has 0 spiro atoms. The van der Waals surface area contributed by atoms with Crippen molar-refractivity contribution in [3.8, 4) is 23.1 Å². The predicted octanol–water partition coefficient (Wildman–Crippen LogP) is 3.44. The Labute approximate surface area is 152 Å². The summed E-state index contributed by atoms with van der Waals surface area (Å²) in [6.45, 7) is 0. The van der Waals surface area contributed by atoms with E-state index in [1.54, 1.807) is 19.4 Å². The highest BCUT2D eigenvalue weighted by Gasteiger charge is 2.18. The van der Waals surface area contributed by atoms with Crippen LogP contribution in [-0.2, 0) is 4.79 Å². The highest BCUT2D eigenvalue weighted by Crippen LogP contribution is 2.25. The Hall–Kier alpha value is -3.07. The zero-order valence-corrected chi connectivity index (χ0v) is 14.8. The van der Waals surface area contributed by atoms with Crippen molar-refractivity contribution in [2.45, 2.75) is 38.1 Å². The molecule has 1 aromatic heterocycles. The van der Waals surface area contributed by atoms with Gasteiger partial charge < -0.3 is 10.1 Å². The largest absolute Gasteiger partial charge is 0.497 e. The molecule has 1 amide bonds. The van der Waals surface area contributed by atoms with Crippen molar-refractivity contribution in [1.82, 2.24) is 15.5 Å². The van der Waals surface area contributed by atoms with Crippen molar-refractivity contribution < 1.29 is 9.53 Å². The number of hydrogen-bond donors (Lipinski definition) is 2. The minimum absolute atomic E-state index is 0.0896. The molecule has 0 atom stereocenters. The summed E-state index contributed by atoms with van der Waals surface area (Å²) in [5.74, 6) is 0.441. The Balaban J connectivity index is 1.80. The Kier molecular flexibility index (Phi) is 5.69. The second-order valence-corrected chi connectivity index (χ2v) is 6.41. The molecule has 134 valence electrons. The van der Waals surface area contributed by atoms with E-state index in [4.69, 9.17) is 4.74 Å². The Bertz CT molecular complexity index is 824. The van der Waals surface area contributed by atoms with Crippen LogP contribution in [0.1, 0.15) is 37.7 Å². The highest BCUT2D eigenvalue weighted by molar-refractivity contribution is 6.02. The molecule has 0 bridgehead atoms. The fourth-order valence-corrected chi connectivity index (χ4v) is 3.21. The smallest absolute Gasteiger partial charge is 0.262 e. The molecule has 1 aliphatic carbocycles. The quantitative estimate of drug-likeness (QED) is 0.638. The molecule has 6 nitrogen and oxygen atoms in total. The van der Waals surface area contributed by atoms with E-state index in [9.17, 15) is 10.1 Å². The molecule has 1 aromatic carbocycles. The van der Waals surface area contributed by atoms with Gasteiger partial charge in [-0.15, -0.1) is 0 Å². The normalized spacial score (nSPS) is 15.3. The first-order valence-electron chi connectivity index (χ1n) is 8.81. The summed E-state index contributed by atoms with van der Waals surface area (Å²) in [7, 11) is 1.61. The summed E-state index contributed by atoms with van der Waals surface area (Å²) in [6, 6.07) is 9.68. The lowest BCUT2D eigenvalue weighted by Gasteiger charge is -2.22. The van der Waals surface area contributed by atoms with E-state index >= 15 is 0 Å². The molecule has 2 N–H and O–H groups in total. The minimum Gasteiger partial charge on any atom is -0.497 e. The lowest BCUT2D eigenvalue weighted by Crippen LogP contribution is -2.36. The Morgan fingerprint density at radius 1 is 1.31 bits per heavy atom. The summed E-state index contributed by atoms with van der Waals surface area (Å²) in [6.07, 6.45) is 8.62. The van der Waals surface area contributed by atoms with Crippen LogP contribution in [0.15, 0.2) is 36.0 Å². The Morgan fingerprint density at radius 2 is 2.04 bits per heavy atom. The van der Waals surface area contributed by atoms with E-state index in [2.05, 4.69) is 15.5 Å². The summed E-state index contributed by atoms with van der Waals surface area (Å²) < 4.78 is 5.17. The third kappa shape index (κ3) is 4.12. The summed E-state index contributed by atoms with van der Waals surface area (Å²) in [5, 5.41) is 19.4. The van der Waals surface area contributed by atoms with Crippen molar-refractivity contribution in [1.29, 1.82) is 5.26 Å². The number of aromatic nitrogens is 2. The molecule has 6 heteroatoms. The number of methoxy groups -OCH3 is 1. The maximum atomic E-state index is 12.5. The van der Waals surface area contributed by atoms with Crippen molar-refractivity contribution >= 4 is 12.0 Å². The number of rotatable bonds is 5. The van der Waals surface area contributed by atoms with Gasteiger partial charge >= 0.3 is 0 Å². The van der Waals surface area contributed by atoms with Crippen molar-refractivity contribution in [3.63, 3.8) is 0 Å². The molecule has 0 unspecified atom stereocenters. The van der Waals surface area contributed by atoms with Gasteiger partial charge in [0.15, 0.2) is 0 Å².